The number of hydrogen-bond acceptors (Lipinski definition) is 3. The molecule has 0 fully saturated rings. The SMILES string of the molecule is CCCc1c(-c2cc3cc(-c4cc(C(F)(F)F)nn4C)ccc3[nH]2)ccnc1OC. The molecule has 0 amide bonds. The summed E-state index contributed by atoms with van der Waals surface area (Å²) in [5.74, 6) is 0.600. The maximum absolute atomic E-state index is 13.0. The predicted molar refractivity (Wildman–Crippen MR) is 109 cm³/mol. The third kappa shape index (κ3) is 3.53. The van der Waals surface area contributed by atoms with E-state index < -0.39 is 11.9 Å². The zero-order valence-corrected chi connectivity index (χ0v) is 16.8. The molecule has 0 aliphatic carbocycles. The highest BCUT2D eigenvalue weighted by atomic mass is 19.4. The number of aryl methyl sites for hydroxylation is 1. The minimum absolute atomic E-state index is 0.407. The van der Waals surface area contributed by atoms with Gasteiger partial charge in [-0.3, -0.25) is 4.68 Å². The first kappa shape index (κ1) is 20.0. The first-order valence-electron chi connectivity index (χ1n) is 9.58. The second-order valence-electron chi connectivity index (χ2n) is 7.12. The number of hydrogen-bond donors (Lipinski definition) is 1. The van der Waals surface area contributed by atoms with Crippen molar-refractivity contribution in [2.45, 2.75) is 25.9 Å². The number of aromatic nitrogens is 4. The maximum atomic E-state index is 13.0. The molecule has 0 radical (unpaired) electrons. The molecule has 1 N–H and O–H groups in total. The van der Waals surface area contributed by atoms with E-state index in [-0.39, 0.29) is 0 Å². The number of nitrogens with zero attached hydrogens (tertiary/aromatic N) is 3. The smallest absolute Gasteiger partial charge is 0.435 e. The topological polar surface area (TPSA) is 55.7 Å². The van der Waals surface area contributed by atoms with Crippen LogP contribution in [-0.2, 0) is 19.6 Å². The average Bonchev–Trinajstić information content (AvgIpc) is 3.31. The molecular weight excluding hydrogens is 393 g/mol. The van der Waals surface area contributed by atoms with Crippen LogP contribution in [0.5, 0.6) is 5.88 Å². The molecule has 3 aromatic heterocycles. The Morgan fingerprint density at radius 3 is 2.60 bits per heavy atom. The summed E-state index contributed by atoms with van der Waals surface area (Å²) in [6.45, 7) is 2.09. The van der Waals surface area contributed by atoms with Gasteiger partial charge in [-0.1, -0.05) is 19.4 Å². The van der Waals surface area contributed by atoms with Crippen LogP contribution in [0.4, 0.5) is 13.2 Å². The van der Waals surface area contributed by atoms with E-state index in [0.717, 1.165) is 46.6 Å². The van der Waals surface area contributed by atoms with E-state index in [1.807, 2.05) is 24.3 Å². The van der Waals surface area contributed by atoms with Gasteiger partial charge in [-0.25, -0.2) is 4.98 Å². The van der Waals surface area contributed by atoms with Crippen molar-refractivity contribution in [3.05, 3.63) is 53.9 Å². The van der Waals surface area contributed by atoms with Crippen LogP contribution in [0.15, 0.2) is 42.6 Å². The highest BCUT2D eigenvalue weighted by molar-refractivity contribution is 5.90. The van der Waals surface area contributed by atoms with E-state index in [9.17, 15) is 13.2 Å². The van der Waals surface area contributed by atoms with Crippen LogP contribution in [0.3, 0.4) is 0 Å². The molecular formula is C22H21F3N4O. The molecule has 0 aliphatic rings. The van der Waals surface area contributed by atoms with Gasteiger partial charge in [0.15, 0.2) is 5.69 Å². The van der Waals surface area contributed by atoms with Gasteiger partial charge in [0.2, 0.25) is 5.88 Å². The van der Waals surface area contributed by atoms with Crippen LogP contribution in [-0.4, -0.2) is 26.9 Å². The Morgan fingerprint density at radius 2 is 1.93 bits per heavy atom. The Morgan fingerprint density at radius 1 is 1.13 bits per heavy atom. The number of H-pyrrole nitrogens is 1. The number of methoxy groups -OCH3 is 1. The molecule has 4 rings (SSSR count). The lowest BCUT2D eigenvalue weighted by molar-refractivity contribution is -0.141. The van der Waals surface area contributed by atoms with E-state index in [1.165, 1.54) is 11.7 Å². The number of aromatic amines is 1. The number of alkyl halides is 3. The van der Waals surface area contributed by atoms with E-state index >= 15 is 0 Å². The quantitative estimate of drug-likeness (QED) is 0.462. The summed E-state index contributed by atoms with van der Waals surface area (Å²) in [6.07, 6.45) is -1.00. The monoisotopic (exact) mass is 414 g/mol. The lowest BCUT2D eigenvalue weighted by Gasteiger charge is -2.11. The average molecular weight is 414 g/mol. The summed E-state index contributed by atoms with van der Waals surface area (Å²) < 4.78 is 45.7. The minimum atomic E-state index is -4.47. The summed E-state index contributed by atoms with van der Waals surface area (Å²) in [4.78, 5) is 7.70. The van der Waals surface area contributed by atoms with Crippen LogP contribution in [0.1, 0.15) is 24.6 Å². The van der Waals surface area contributed by atoms with Crippen molar-refractivity contribution >= 4 is 10.9 Å². The molecule has 156 valence electrons. The number of rotatable bonds is 5. The molecule has 0 unspecified atom stereocenters. The molecule has 8 heteroatoms. The second-order valence-corrected chi connectivity index (χ2v) is 7.12. The van der Waals surface area contributed by atoms with Crippen LogP contribution >= 0.6 is 0 Å². The Labute approximate surface area is 171 Å². The van der Waals surface area contributed by atoms with Gasteiger partial charge in [-0.05, 0) is 36.8 Å². The number of fused-ring (bicyclic) bond motifs is 1. The number of ether oxygens (including phenoxy) is 1. The Balaban J connectivity index is 1.79. The van der Waals surface area contributed by atoms with Crippen molar-refractivity contribution in [2.24, 2.45) is 7.05 Å². The van der Waals surface area contributed by atoms with Gasteiger partial charge in [0.05, 0.1) is 12.8 Å². The molecule has 0 bridgehead atoms. The number of benzene rings is 1. The second kappa shape index (κ2) is 7.51. The maximum Gasteiger partial charge on any atom is 0.435 e. The van der Waals surface area contributed by atoms with Crippen LogP contribution in [0, 0.1) is 0 Å². The highest BCUT2D eigenvalue weighted by Gasteiger charge is 2.34. The standard InChI is InChI=1S/C22H21F3N4O/c1-4-5-16-15(8-9-26-21(16)30-3)18-11-14-10-13(6-7-17(14)27-18)19-12-20(22(23,24)25)28-29(19)2/h6-12,27H,4-5H2,1-3H3. The first-order chi connectivity index (χ1) is 14.3. The highest BCUT2D eigenvalue weighted by Crippen LogP contribution is 2.35. The van der Waals surface area contributed by atoms with Crippen molar-refractivity contribution in [2.75, 3.05) is 7.11 Å². The molecule has 0 atom stereocenters. The molecule has 1 aromatic carbocycles. The number of halogens is 3. The zero-order chi connectivity index (χ0) is 21.5. The van der Waals surface area contributed by atoms with Gasteiger partial charge >= 0.3 is 6.18 Å². The van der Waals surface area contributed by atoms with Crippen molar-refractivity contribution < 1.29 is 17.9 Å². The molecule has 0 saturated carbocycles. The normalized spacial score (nSPS) is 11.9. The van der Waals surface area contributed by atoms with E-state index in [2.05, 4.69) is 22.0 Å². The van der Waals surface area contributed by atoms with Gasteiger partial charge in [-0.15, -0.1) is 0 Å². The lowest BCUT2D eigenvalue weighted by Crippen LogP contribution is -2.06. The Hall–Kier alpha value is -3.29. The fourth-order valence-electron chi connectivity index (χ4n) is 3.71. The summed E-state index contributed by atoms with van der Waals surface area (Å²) in [5.41, 5.74) is 4.00. The molecule has 5 nitrogen and oxygen atoms in total. The fraction of sp³-hybridized carbons (Fsp3) is 0.273. The summed E-state index contributed by atoms with van der Waals surface area (Å²) >= 11 is 0. The van der Waals surface area contributed by atoms with E-state index in [4.69, 9.17) is 4.74 Å². The van der Waals surface area contributed by atoms with Crippen molar-refractivity contribution in [1.29, 1.82) is 0 Å². The van der Waals surface area contributed by atoms with Crippen LogP contribution < -0.4 is 4.74 Å². The molecule has 0 saturated heterocycles. The van der Waals surface area contributed by atoms with Gasteiger partial charge in [-0.2, -0.15) is 18.3 Å². The molecule has 4 aromatic rings. The number of nitrogens with one attached hydrogen (secondary N) is 1. The van der Waals surface area contributed by atoms with Gasteiger partial charge in [0.25, 0.3) is 0 Å². The first-order valence-corrected chi connectivity index (χ1v) is 9.58. The Bertz CT molecular complexity index is 1210. The summed E-state index contributed by atoms with van der Waals surface area (Å²) in [6, 6.07) is 10.5. The molecule has 3 heterocycles. The minimum Gasteiger partial charge on any atom is -0.481 e. The summed E-state index contributed by atoms with van der Waals surface area (Å²) in [5, 5.41) is 4.50. The summed E-state index contributed by atoms with van der Waals surface area (Å²) in [7, 11) is 3.11. The molecule has 0 aliphatic heterocycles. The fourth-order valence-corrected chi connectivity index (χ4v) is 3.71. The zero-order valence-electron chi connectivity index (χ0n) is 16.8. The van der Waals surface area contributed by atoms with Crippen molar-refractivity contribution in [3.8, 4) is 28.4 Å². The lowest BCUT2D eigenvalue weighted by atomic mass is 10.0. The largest absolute Gasteiger partial charge is 0.481 e. The van der Waals surface area contributed by atoms with E-state index in [0.29, 0.717) is 17.1 Å². The molecule has 30 heavy (non-hydrogen) atoms. The predicted octanol–water partition coefficient (Wildman–Crippen LogP) is 5.61. The Kier molecular flexibility index (Phi) is 5.01. The van der Waals surface area contributed by atoms with Gasteiger partial charge < -0.3 is 9.72 Å². The van der Waals surface area contributed by atoms with Crippen LogP contribution in [0.2, 0.25) is 0 Å². The molecule has 0 spiro atoms. The van der Waals surface area contributed by atoms with Crippen LogP contribution in [0.25, 0.3) is 33.4 Å². The third-order valence-electron chi connectivity index (χ3n) is 5.09. The van der Waals surface area contributed by atoms with Crippen molar-refractivity contribution in [1.82, 2.24) is 19.7 Å². The van der Waals surface area contributed by atoms with E-state index in [1.54, 1.807) is 19.4 Å². The van der Waals surface area contributed by atoms with Gasteiger partial charge in [0.1, 0.15) is 0 Å². The van der Waals surface area contributed by atoms with Gasteiger partial charge in [0, 0.05) is 46.5 Å². The number of pyridine rings is 1. The van der Waals surface area contributed by atoms with Crippen molar-refractivity contribution in [3.63, 3.8) is 0 Å². The third-order valence-corrected chi connectivity index (χ3v) is 5.09.